The molecule has 0 aliphatic heterocycles. The van der Waals surface area contributed by atoms with Crippen molar-refractivity contribution in [3.05, 3.63) is 68.7 Å². The molecule has 21 heavy (non-hydrogen) atoms. The minimum absolute atomic E-state index is 0.128. The molecule has 1 aromatic carbocycles. The van der Waals surface area contributed by atoms with Crippen molar-refractivity contribution in [3.63, 3.8) is 0 Å². The maximum absolute atomic E-state index is 12.3. The van der Waals surface area contributed by atoms with Crippen LogP contribution in [-0.4, -0.2) is 10.9 Å². The summed E-state index contributed by atoms with van der Waals surface area (Å²) in [6.45, 7) is 0. The summed E-state index contributed by atoms with van der Waals surface area (Å²) in [5.74, 6) is -0.491. The molecule has 0 fully saturated rings. The summed E-state index contributed by atoms with van der Waals surface area (Å²) < 4.78 is 5.02. The van der Waals surface area contributed by atoms with Crippen LogP contribution in [0.25, 0.3) is 17.0 Å². The van der Waals surface area contributed by atoms with Gasteiger partial charge in [-0.1, -0.05) is 6.08 Å². The second kappa shape index (κ2) is 5.38. The van der Waals surface area contributed by atoms with Gasteiger partial charge in [0.15, 0.2) is 5.78 Å². The lowest BCUT2D eigenvalue weighted by Crippen LogP contribution is -2.00. The fourth-order valence-electron chi connectivity index (χ4n) is 2.02. The van der Waals surface area contributed by atoms with E-state index in [1.54, 1.807) is 6.08 Å². The van der Waals surface area contributed by atoms with Crippen LogP contribution in [-0.2, 0) is 0 Å². The number of phenolic OH excluding ortho intramolecular Hbond substituents is 1. The second-order valence-corrected chi connectivity index (χ2v) is 5.16. The average Bonchev–Trinajstić information content (AvgIpc) is 2.98. The zero-order chi connectivity index (χ0) is 14.8. The zero-order valence-electron chi connectivity index (χ0n) is 10.8. The van der Waals surface area contributed by atoms with E-state index in [2.05, 4.69) is 0 Å². The first-order valence-electron chi connectivity index (χ1n) is 6.15. The van der Waals surface area contributed by atoms with Crippen LogP contribution in [0, 0.1) is 0 Å². The molecule has 0 aliphatic rings. The first-order chi connectivity index (χ1) is 10.1. The number of hydrogen-bond acceptors (Lipinski definition) is 5. The molecule has 5 heteroatoms. The van der Waals surface area contributed by atoms with Crippen molar-refractivity contribution < 1.29 is 14.3 Å². The molecule has 0 saturated carbocycles. The van der Waals surface area contributed by atoms with E-state index < -0.39 is 5.63 Å². The molecule has 0 saturated heterocycles. The van der Waals surface area contributed by atoms with Gasteiger partial charge in [0.2, 0.25) is 0 Å². The predicted octanol–water partition coefficient (Wildman–Crippen LogP) is 3.46. The largest absolute Gasteiger partial charge is 0.507 e. The van der Waals surface area contributed by atoms with Crippen molar-refractivity contribution >= 4 is 34.2 Å². The van der Waals surface area contributed by atoms with Crippen LogP contribution >= 0.6 is 11.3 Å². The Morgan fingerprint density at radius 3 is 2.81 bits per heavy atom. The van der Waals surface area contributed by atoms with E-state index in [0.29, 0.717) is 5.39 Å². The van der Waals surface area contributed by atoms with Crippen LogP contribution in [0.15, 0.2) is 56.4 Å². The molecule has 3 aromatic rings. The zero-order valence-corrected chi connectivity index (χ0v) is 11.6. The second-order valence-electron chi connectivity index (χ2n) is 4.38. The number of benzene rings is 1. The lowest BCUT2D eigenvalue weighted by atomic mass is 10.0. The van der Waals surface area contributed by atoms with Gasteiger partial charge >= 0.3 is 5.63 Å². The number of carbonyl (C=O) groups is 1. The smallest absolute Gasteiger partial charge is 0.336 e. The lowest BCUT2D eigenvalue weighted by molar-refractivity contribution is 0.104. The maximum atomic E-state index is 12.3. The predicted molar refractivity (Wildman–Crippen MR) is 81.8 cm³/mol. The van der Waals surface area contributed by atoms with Crippen LogP contribution in [0.3, 0.4) is 0 Å². The molecular formula is C16H10O4S. The Morgan fingerprint density at radius 1 is 1.19 bits per heavy atom. The quantitative estimate of drug-likeness (QED) is 0.457. The molecule has 0 unspecified atom stereocenters. The molecular weight excluding hydrogens is 288 g/mol. The molecule has 3 rings (SSSR count). The van der Waals surface area contributed by atoms with Crippen molar-refractivity contribution in [3.8, 4) is 5.75 Å². The van der Waals surface area contributed by atoms with Gasteiger partial charge < -0.3 is 9.52 Å². The topological polar surface area (TPSA) is 67.5 Å². The van der Waals surface area contributed by atoms with Gasteiger partial charge in [0.05, 0.1) is 5.56 Å². The van der Waals surface area contributed by atoms with Crippen LogP contribution in [0.1, 0.15) is 15.9 Å². The number of hydrogen-bond donors (Lipinski definition) is 1. The van der Waals surface area contributed by atoms with Gasteiger partial charge in [-0.25, -0.2) is 4.79 Å². The first-order valence-corrected chi connectivity index (χ1v) is 7.10. The number of rotatable bonds is 3. The third-order valence-corrected chi connectivity index (χ3v) is 3.70. The summed E-state index contributed by atoms with van der Waals surface area (Å²) in [7, 11) is 0. The van der Waals surface area contributed by atoms with E-state index in [-0.39, 0.29) is 22.7 Å². The Hall–Kier alpha value is -2.66. The van der Waals surface area contributed by atoms with Gasteiger partial charge in [-0.05, 0) is 46.7 Å². The molecule has 0 aliphatic carbocycles. The fourth-order valence-corrected chi connectivity index (χ4v) is 2.65. The molecule has 0 amide bonds. The fraction of sp³-hybridized carbons (Fsp3) is 0. The lowest BCUT2D eigenvalue weighted by Gasteiger charge is -2.04. The first kappa shape index (κ1) is 13.3. The molecule has 0 atom stereocenters. The van der Waals surface area contributed by atoms with E-state index in [0.717, 1.165) is 5.56 Å². The maximum Gasteiger partial charge on any atom is 0.336 e. The van der Waals surface area contributed by atoms with E-state index in [4.69, 9.17) is 4.42 Å². The number of ketones is 1. The Morgan fingerprint density at radius 2 is 2.05 bits per heavy atom. The van der Waals surface area contributed by atoms with Crippen molar-refractivity contribution in [2.75, 3.05) is 0 Å². The molecule has 0 spiro atoms. The Kier molecular flexibility index (Phi) is 3.41. The van der Waals surface area contributed by atoms with Crippen LogP contribution in [0.4, 0.5) is 0 Å². The van der Waals surface area contributed by atoms with Gasteiger partial charge in [-0.15, -0.1) is 0 Å². The van der Waals surface area contributed by atoms with Crippen LogP contribution in [0.2, 0.25) is 0 Å². The van der Waals surface area contributed by atoms with Crippen molar-refractivity contribution in [1.82, 2.24) is 0 Å². The van der Waals surface area contributed by atoms with Gasteiger partial charge in [0.1, 0.15) is 11.3 Å². The summed E-state index contributed by atoms with van der Waals surface area (Å²) in [5, 5.41) is 14.2. The molecule has 0 radical (unpaired) electrons. The SMILES string of the molecule is O=C(/C=C/c1ccsc1)c1c(O)ccc2oc(=O)ccc12. The summed E-state index contributed by atoms with van der Waals surface area (Å²) >= 11 is 1.53. The van der Waals surface area contributed by atoms with Gasteiger partial charge in [0, 0.05) is 11.5 Å². The average molecular weight is 298 g/mol. The van der Waals surface area contributed by atoms with E-state index in [1.807, 2.05) is 16.8 Å². The van der Waals surface area contributed by atoms with Crippen LogP contribution < -0.4 is 5.63 Å². The Labute approximate surface area is 123 Å². The minimum Gasteiger partial charge on any atom is -0.507 e. The summed E-state index contributed by atoms with van der Waals surface area (Å²) in [6.07, 6.45) is 3.07. The highest BCUT2D eigenvalue weighted by molar-refractivity contribution is 7.08. The van der Waals surface area contributed by atoms with E-state index in [1.165, 1.54) is 41.7 Å². The van der Waals surface area contributed by atoms with Gasteiger partial charge in [-0.2, -0.15) is 11.3 Å². The number of fused-ring (bicyclic) bond motifs is 1. The summed E-state index contributed by atoms with van der Waals surface area (Å²) in [6, 6.07) is 7.40. The molecule has 4 nitrogen and oxygen atoms in total. The molecule has 104 valence electrons. The van der Waals surface area contributed by atoms with Crippen molar-refractivity contribution in [2.24, 2.45) is 0 Å². The van der Waals surface area contributed by atoms with Gasteiger partial charge in [0.25, 0.3) is 0 Å². The number of phenols is 1. The third kappa shape index (κ3) is 2.64. The van der Waals surface area contributed by atoms with Crippen LogP contribution in [0.5, 0.6) is 5.75 Å². The van der Waals surface area contributed by atoms with E-state index in [9.17, 15) is 14.7 Å². The number of thiophene rings is 1. The highest BCUT2D eigenvalue weighted by atomic mass is 32.1. The highest BCUT2D eigenvalue weighted by Crippen LogP contribution is 2.27. The number of carbonyl (C=O) groups excluding carboxylic acids is 1. The summed E-state index contributed by atoms with van der Waals surface area (Å²) in [5.41, 5.74) is 0.815. The Balaban J connectivity index is 2.08. The van der Waals surface area contributed by atoms with Gasteiger partial charge in [-0.3, -0.25) is 4.79 Å². The minimum atomic E-state index is -0.500. The highest BCUT2D eigenvalue weighted by Gasteiger charge is 2.14. The number of allylic oxidation sites excluding steroid dienone is 1. The third-order valence-electron chi connectivity index (χ3n) is 3.00. The van der Waals surface area contributed by atoms with Crippen molar-refractivity contribution in [1.29, 1.82) is 0 Å². The van der Waals surface area contributed by atoms with E-state index >= 15 is 0 Å². The van der Waals surface area contributed by atoms with Crippen molar-refractivity contribution in [2.45, 2.75) is 0 Å². The standard InChI is InChI=1S/C16H10O4S/c17-12(3-1-10-7-8-21-9-10)16-11-2-6-15(19)20-14(11)5-4-13(16)18/h1-9,18H/b3-1+. The Bertz CT molecular complexity index is 888. The molecule has 2 aromatic heterocycles. The summed E-state index contributed by atoms with van der Waals surface area (Å²) in [4.78, 5) is 23.5. The number of aromatic hydroxyl groups is 1. The molecule has 2 heterocycles. The molecule has 1 N–H and O–H groups in total. The monoisotopic (exact) mass is 298 g/mol. The normalized spacial score (nSPS) is 11.2. The molecule has 0 bridgehead atoms.